The number of carbonyl (C=O) groups excluding carboxylic acids is 1. The van der Waals surface area contributed by atoms with Gasteiger partial charge in [0.2, 0.25) is 15.9 Å². The molecule has 7 nitrogen and oxygen atoms in total. The summed E-state index contributed by atoms with van der Waals surface area (Å²) in [4.78, 5) is 20.9. The summed E-state index contributed by atoms with van der Waals surface area (Å²) in [7, 11) is -3.65. The molecule has 2 aromatic carbocycles. The zero-order valence-electron chi connectivity index (χ0n) is 19.9. The Morgan fingerprint density at radius 1 is 1.19 bits per heavy atom. The number of piperidine rings is 1. The van der Waals surface area contributed by atoms with E-state index >= 15 is 0 Å². The minimum absolute atomic E-state index is 0.0886. The zero-order chi connectivity index (χ0) is 25.3. The molecule has 1 amide bonds. The van der Waals surface area contributed by atoms with E-state index in [9.17, 15) is 17.6 Å². The minimum atomic E-state index is -3.65. The number of ether oxygens (including phenoxy) is 1. The van der Waals surface area contributed by atoms with Crippen LogP contribution >= 0.6 is 23.1 Å². The van der Waals surface area contributed by atoms with Crippen molar-refractivity contribution in [2.45, 2.75) is 41.6 Å². The van der Waals surface area contributed by atoms with Crippen molar-refractivity contribution in [1.82, 2.24) is 9.29 Å². The van der Waals surface area contributed by atoms with Gasteiger partial charge in [0.05, 0.1) is 22.2 Å². The van der Waals surface area contributed by atoms with Crippen LogP contribution in [-0.4, -0.2) is 62.2 Å². The summed E-state index contributed by atoms with van der Waals surface area (Å²) < 4.78 is 48.9. The van der Waals surface area contributed by atoms with Crippen LogP contribution in [0.2, 0.25) is 0 Å². The number of aromatic nitrogens is 1. The lowest BCUT2D eigenvalue weighted by atomic mass is 9.96. The average Bonchev–Trinajstić information content (AvgIpc) is 3.57. The molecule has 0 saturated carbocycles. The second-order valence-corrected chi connectivity index (χ2v) is 12.8. The number of benzene rings is 2. The molecular formula is C25H28FN3O4S3. The number of halogens is 1. The molecule has 1 atom stereocenters. The Hall–Kier alpha value is -2.05. The van der Waals surface area contributed by atoms with E-state index in [0.717, 1.165) is 12.8 Å². The number of hydrogen-bond acceptors (Lipinski definition) is 7. The van der Waals surface area contributed by atoms with Crippen LogP contribution in [-0.2, 0) is 19.6 Å². The highest BCUT2D eigenvalue weighted by Crippen LogP contribution is 2.34. The van der Waals surface area contributed by atoms with E-state index in [-0.39, 0.29) is 36.5 Å². The molecule has 1 unspecified atom stereocenters. The Morgan fingerprint density at radius 2 is 1.97 bits per heavy atom. The van der Waals surface area contributed by atoms with Crippen LogP contribution in [0.5, 0.6) is 0 Å². The number of amides is 1. The van der Waals surface area contributed by atoms with Crippen LogP contribution in [0.15, 0.2) is 52.3 Å². The van der Waals surface area contributed by atoms with Gasteiger partial charge in [-0.1, -0.05) is 29.5 Å². The van der Waals surface area contributed by atoms with E-state index < -0.39 is 15.8 Å². The fraction of sp³-hybridized carbons (Fsp3) is 0.440. The Bertz CT molecular complexity index is 1350. The molecule has 192 valence electrons. The van der Waals surface area contributed by atoms with Crippen molar-refractivity contribution in [1.29, 1.82) is 0 Å². The topological polar surface area (TPSA) is 79.8 Å². The summed E-state index contributed by atoms with van der Waals surface area (Å²) in [5.41, 5.74) is 0.260. The summed E-state index contributed by atoms with van der Waals surface area (Å²) in [6.45, 7) is 1.56. The molecule has 11 heteroatoms. The molecule has 0 bridgehead atoms. The fourth-order valence-corrected chi connectivity index (χ4v) is 8.39. The van der Waals surface area contributed by atoms with Gasteiger partial charge in [0.1, 0.15) is 11.3 Å². The highest BCUT2D eigenvalue weighted by atomic mass is 32.2. The van der Waals surface area contributed by atoms with Crippen LogP contribution in [0.4, 0.5) is 9.52 Å². The van der Waals surface area contributed by atoms with Crippen molar-refractivity contribution in [3.63, 3.8) is 0 Å². The summed E-state index contributed by atoms with van der Waals surface area (Å²) in [6.07, 6.45) is 4.40. The predicted octanol–water partition coefficient (Wildman–Crippen LogP) is 4.77. The maximum Gasteiger partial charge on any atom is 0.244 e. The largest absolute Gasteiger partial charge is 0.376 e. The van der Waals surface area contributed by atoms with Gasteiger partial charge >= 0.3 is 0 Å². The van der Waals surface area contributed by atoms with E-state index in [1.807, 2.05) is 12.3 Å². The van der Waals surface area contributed by atoms with Crippen molar-refractivity contribution in [3.05, 3.63) is 48.3 Å². The number of carbonyl (C=O) groups is 1. The summed E-state index contributed by atoms with van der Waals surface area (Å²) in [5.74, 6) is -0.861. The second-order valence-electron chi connectivity index (χ2n) is 9.00. The lowest BCUT2D eigenvalue weighted by Crippen LogP contribution is -2.46. The third-order valence-electron chi connectivity index (χ3n) is 6.76. The van der Waals surface area contributed by atoms with Crippen molar-refractivity contribution in [3.8, 4) is 0 Å². The minimum Gasteiger partial charge on any atom is -0.376 e. The molecule has 0 spiro atoms. The van der Waals surface area contributed by atoms with Gasteiger partial charge in [0.25, 0.3) is 0 Å². The monoisotopic (exact) mass is 549 g/mol. The number of sulfonamides is 1. The highest BCUT2D eigenvalue weighted by Gasteiger charge is 2.36. The van der Waals surface area contributed by atoms with Gasteiger partial charge in [0, 0.05) is 30.5 Å². The van der Waals surface area contributed by atoms with Crippen LogP contribution in [0, 0.1) is 11.7 Å². The third kappa shape index (κ3) is 5.04. The molecule has 2 aliphatic heterocycles. The molecular weight excluding hydrogens is 521 g/mol. The molecule has 36 heavy (non-hydrogen) atoms. The molecule has 0 aliphatic carbocycles. The SMILES string of the molecule is CSc1ccccc1S(=O)(=O)N1CCC(C(=O)N(CC2CCCO2)c2nc3c(F)cccc3s2)CC1. The molecule has 1 aromatic heterocycles. The van der Waals surface area contributed by atoms with Crippen LogP contribution in [0.1, 0.15) is 25.7 Å². The molecule has 0 radical (unpaired) electrons. The van der Waals surface area contributed by atoms with Crippen LogP contribution in [0.3, 0.4) is 0 Å². The van der Waals surface area contributed by atoms with Crippen molar-refractivity contribution in [2.75, 3.05) is 37.4 Å². The molecule has 2 fully saturated rings. The van der Waals surface area contributed by atoms with Crippen molar-refractivity contribution in [2.24, 2.45) is 5.92 Å². The lowest BCUT2D eigenvalue weighted by Gasteiger charge is -2.33. The first-order valence-corrected chi connectivity index (χ1v) is 15.5. The van der Waals surface area contributed by atoms with Crippen LogP contribution < -0.4 is 4.90 Å². The van der Waals surface area contributed by atoms with Crippen molar-refractivity contribution < 1.29 is 22.3 Å². The van der Waals surface area contributed by atoms with Gasteiger partial charge < -0.3 is 4.74 Å². The summed E-state index contributed by atoms with van der Waals surface area (Å²) >= 11 is 2.69. The third-order valence-corrected chi connectivity index (χ3v) is 10.7. The zero-order valence-corrected chi connectivity index (χ0v) is 22.4. The Morgan fingerprint density at radius 3 is 2.67 bits per heavy atom. The van der Waals surface area contributed by atoms with Gasteiger partial charge in [0.15, 0.2) is 5.13 Å². The summed E-state index contributed by atoms with van der Waals surface area (Å²) in [6, 6.07) is 11.8. The highest BCUT2D eigenvalue weighted by molar-refractivity contribution is 7.99. The quantitative estimate of drug-likeness (QED) is 0.395. The van der Waals surface area contributed by atoms with E-state index in [0.29, 0.717) is 45.6 Å². The normalized spacial score (nSPS) is 19.7. The molecule has 2 saturated heterocycles. The van der Waals surface area contributed by atoms with Gasteiger partial charge in [-0.05, 0) is 56.2 Å². The molecule has 0 N–H and O–H groups in total. The van der Waals surface area contributed by atoms with Gasteiger partial charge in [-0.2, -0.15) is 4.31 Å². The van der Waals surface area contributed by atoms with Gasteiger partial charge in [-0.15, -0.1) is 11.8 Å². The number of para-hydroxylation sites is 1. The molecule has 3 aromatic rings. The number of anilines is 1. The number of hydrogen-bond donors (Lipinski definition) is 0. The van der Waals surface area contributed by atoms with E-state index in [2.05, 4.69) is 4.98 Å². The van der Waals surface area contributed by atoms with E-state index in [4.69, 9.17) is 4.74 Å². The first kappa shape index (κ1) is 25.6. The van der Waals surface area contributed by atoms with Crippen molar-refractivity contribution >= 4 is 54.4 Å². The predicted molar refractivity (Wildman–Crippen MR) is 141 cm³/mol. The Labute approximate surface area is 218 Å². The smallest absolute Gasteiger partial charge is 0.244 e. The van der Waals surface area contributed by atoms with Gasteiger partial charge in [-0.3, -0.25) is 9.69 Å². The number of nitrogens with zero attached hydrogens (tertiary/aromatic N) is 3. The number of fused-ring (bicyclic) bond motifs is 1. The standard InChI is InChI=1S/C25H28FN3O4S3/c1-34-20-8-2-3-10-22(20)36(31,32)28-13-11-17(12-14-28)24(30)29(16-18-6-5-15-33-18)25-27-23-19(26)7-4-9-21(23)35-25/h2-4,7-10,17-18H,5-6,11-16H2,1H3. The molecule has 5 rings (SSSR count). The number of thiazole rings is 1. The van der Waals surface area contributed by atoms with E-state index in [1.165, 1.54) is 33.5 Å². The molecule has 3 heterocycles. The summed E-state index contributed by atoms with van der Waals surface area (Å²) in [5, 5.41) is 0.458. The van der Waals surface area contributed by atoms with Crippen LogP contribution in [0.25, 0.3) is 10.2 Å². The maximum absolute atomic E-state index is 14.3. The number of thioether (sulfide) groups is 1. The van der Waals surface area contributed by atoms with E-state index in [1.54, 1.807) is 35.2 Å². The maximum atomic E-state index is 14.3. The first-order chi connectivity index (χ1) is 17.4. The lowest BCUT2D eigenvalue weighted by molar-refractivity contribution is -0.123. The second kappa shape index (κ2) is 10.7. The Kier molecular flexibility index (Phi) is 7.64. The number of rotatable bonds is 7. The Balaban J connectivity index is 1.35. The molecule has 2 aliphatic rings. The average molecular weight is 550 g/mol. The first-order valence-electron chi connectivity index (χ1n) is 12.0. The van der Waals surface area contributed by atoms with Gasteiger partial charge in [-0.25, -0.2) is 17.8 Å². The fourth-order valence-electron chi connectivity index (χ4n) is 4.81.